The smallest absolute Gasteiger partial charge is 0.303 e. The fourth-order valence-corrected chi connectivity index (χ4v) is 2.14. The highest BCUT2D eigenvalue weighted by molar-refractivity contribution is 6.32. The summed E-state index contributed by atoms with van der Waals surface area (Å²) in [6.07, 6.45) is 0.225. The van der Waals surface area contributed by atoms with E-state index in [4.69, 9.17) is 26.2 Å². The monoisotopic (exact) mass is 324 g/mol. The Morgan fingerprint density at radius 1 is 1.27 bits per heavy atom. The molecule has 0 bridgehead atoms. The Morgan fingerprint density at radius 3 is 2.73 bits per heavy atom. The van der Waals surface area contributed by atoms with Crippen molar-refractivity contribution in [2.24, 2.45) is 0 Å². The van der Waals surface area contributed by atoms with Crippen LogP contribution in [-0.2, 0) is 11.2 Å². The van der Waals surface area contributed by atoms with Crippen LogP contribution >= 0.6 is 11.6 Å². The Morgan fingerprint density at radius 2 is 2.05 bits per heavy atom. The summed E-state index contributed by atoms with van der Waals surface area (Å²) in [5.41, 5.74) is 0.630. The van der Waals surface area contributed by atoms with Crippen molar-refractivity contribution in [3.05, 3.63) is 52.8 Å². The number of halogens is 2. The molecular weight excluding hydrogens is 311 g/mol. The Hall–Kier alpha value is -2.27. The van der Waals surface area contributed by atoms with Gasteiger partial charge in [0.15, 0.2) is 11.6 Å². The lowest BCUT2D eigenvalue weighted by atomic mass is 10.1. The molecule has 0 heterocycles. The van der Waals surface area contributed by atoms with Gasteiger partial charge in [-0.2, -0.15) is 0 Å². The average molecular weight is 325 g/mol. The maximum Gasteiger partial charge on any atom is 0.303 e. The molecule has 0 radical (unpaired) electrons. The molecule has 1 N–H and O–H groups in total. The summed E-state index contributed by atoms with van der Waals surface area (Å²) >= 11 is 6.20. The molecule has 6 heteroatoms. The van der Waals surface area contributed by atoms with E-state index >= 15 is 0 Å². The number of aryl methyl sites for hydroxylation is 1. The van der Waals surface area contributed by atoms with Gasteiger partial charge in [-0.15, -0.1) is 0 Å². The number of aliphatic carboxylic acids is 1. The third-order valence-corrected chi connectivity index (χ3v) is 3.44. The zero-order chi connectivity index (χ0) is 16.1. The van der Waals surface area contributed by atoms with Crippen LogP contribution in [-0.4, -0.2) is 18.2 Å². The highest BCUT2D eigenvalue weighted by Crippen LogP contribution is 2.35. The second kappa shape index (κ2) is 7.13. The van der Waals surface area contributed by atoms with Crippen LogP contribution in [0.3, 0.4) is 0 Å². The van der Waals surface area contributed by atoms with Gasteiger partial charge in [0.2, 0.25) is 0 Å². The van der Waals surface area contributed by atoms with Crippen LogP contribution in [0.2, 0.25) is 5.02 Å². The van der Waals surface area contributed by atoms with Gasteiger partial charge < -0.3 is 14.6 Å². The van der Waals surface area contributed by atoms with Crippen LogP contribution < -0.4 is 9.47 Å². The van der Waals surface area contributed by atoms with Crippen LogP contribution in [0.25, 0.3) is 0 Å². The van der Waals surface area contributed by atoms with E-state index in [1.54, 1.807) is 18.2 Å². The normalized spacial score (nSPS) is 10.3. The van der Waals surface area contributed by atoms with Gasteiger partial charge in [0.25, 0.3) is 0 Å². The minimum absolute atomic E-state index is 0.0170. The number of carbonyl (C=O) groups is 1. The fraction of sp³-hybridized carbons (Fsp3) is 0.188. The topological polar surface area (TPSA) is 55.8 Å². The molecule has 2 aromatic carbocycles. The molecule has 0 aromatic heterocycles. The van der Waals surface area contributed by atoms with Crippen molar-refractivity contribution < 1.29 is 23.8 Å². The Bertz CT molecular complexity index is 688. The minimum Gasteiger partial charge on any atom is -0.497 e. The molecule has 0 saturated heterocycles. The number of hydrogen-bond donors (Lipinski definition) is 1. The van der Waals surface area contributed by atoms with Crippen LogP contribution in [0.15, 0.2) is 36.4 Å². The van der Waals surface area contributed by atoms with Crippen molar-refractivity contribution in [2.45, 2.75) is 12.8 Å². The zero-order valence-electron chi connectivity index (χ0n) is 11.8. The second-order valence-electron chi connectivity index (χ2n) is 4.52. The molecule has 0 saturated carbocycles. The predicted octanol–water partition coefficient (Wildman–Crippen LogP) is 4.30. The first-order valence-electron chi connectivity index (χ1n) is 6.52. The SMILES string of the molecule is COc1ccc(F)c(Oc2cccc(CCC(=O)O)c2Cl)c1. The van der Waals surface area contributed by atoms with Gasteiger partial charge in [0, 0.05) is 12.5 Å². The third kappa shape index (κ3) is 3.89. The molecule has 0 aliphatic rings. The van der Waals surface area contributed by atoms with Crippen molar-refractivity contribution in [1.29, 1.82) is 0 Å². The van der Waals surface area contributed by atoms with Gasteiger partial charge in [0.05, 0.1) is 12.1 Å². The molecular formula is C16H14ClFO4. The van der Waals surface area contributed by atoms with Crippen LogP contribution in [0, 0.1) is 5.82 Å². The number of hydrogen-bond acceptors (Lipinski definition) is 3. The average Bonchev–Trinajstić information content (AvgIpc) is 2.50. The molecule has 0 aliphatic carbocycles. The summed E-state index contributed by atoms with van der Waals surface area (Å²) in [6, 6.07) is 9.10. The first kappa shape index (κ1) is 16.1. The lowest BCUT2D eigenvalue weighted by molar-refractivity contribution is -0.136. The molecule has 0 unspecified atom stereocenters. The van der Waals surface area contributed by atoms with Gasteiger partial charge in [0.1, 0.15) is 11.5 Å². The van der Waals surface area contributed by atoms with Crippen molar-refractivity contribution in [3.63, 3.8) is 0 Å². The van der Waals surface area contributed by atoms with Crippen LogP contribution in [0.5, 0.6) is 17.2 Å². The van der Waals surface area contributed by atoms with E-state index < -0.39 is 11.8 Å². The van der Waals surface area contributed by atoms with Crippen LogP contribution in [0.4, 0.5) is 4.39 Å². The molecule has 2 rings (SSSR count). The van der Waals surface area contributed by atoms with Gasteiger partial charge in [-0.1, -0.05) is 23.7 Å². The largest absolute Gasteiger partial charge is 0.497 e. The van der Waals surface area contributed by atoms with Gasteiger partial charge in [-0.3, -0.25) is 4.79 Å². The maximum absolute atomic E-state index is 13.8. The van der Waals surface area contributed by atoms with E-state index in [0.717, 1.165) is 0 Å². The van der Waals surface area contributed by atoms with Gasteiger partial charge >= 0.3 is 5.97 Å². The van der Waals surface area contributed by atoms with E-state index in [9.17, 15) is 9.18 Å². The standard InChI is InChI=1S/C16H14ClFO4/c1-21-11-6-7-12(18)14(9-11)22-13-4-2-3-10(16(13)17)5-8-15(19)20/h2-4,6-7,9H,5,8H2,1H3,(H,19,20). The maximum atomic E-state index is 13.8. The lowest BCUT2D eigenvalue weighted by Crippen LogP contribution is -1.99. The summed E-state index contributed by atoms with van der Waals surface area (Å²) in [7, 11) is 1.47. The molecule has 4 nitrogen and oxygen atoms in total. The summed E-state index contributed by atoms with van der Waals surface area (Å²) in [6.45, 7) is 0. The fourth-order valence-electron chi connectivity index (χ4n) is 1.88. The van der Waals surface area contributed by atoms with E-state index in [2.05, 4.69) is 0 Å². The quantitative estimate of drug-likeness (QED) is 0.860. The lowest BCUT2D eigenvalue weighted by Gasteiger charge is -2.12. The third-order valence-electron chi connectivity index (χ3n) is 3.01. The second-order valence-corrected chi connectivity index (χ2v) is 4.90. The van der Waals surface area contributed by atoms with E-state index in [1.165, 1.54) is 25.3 Å². The summed E-state index contributed by atoms with van der Waals surface area (Å²) in [5.74, 6) is -0.767. The van der Waals surface area contributed by atoms with Crippen molar-refractivity contribution in [3.8, 4) is 17.2 Å². The van der Waals surface area contributed by atoms with Gasteiger partial charge in [-0.25, -0.2) is 4.39 Å². The molecule has 0 atom stereocenters. The first-order chi connectivity index (χ1) is 10.5. The highest BCUT2D eigenvalue weighted by Gasteiger charge is 2.12. The molecule has 0 aliphatic heterocycles. The number of benzene rings is 2. The first-order valence-corrected chi connectivity index (χ1v) is 6.89. The number of carboxylic acids is 1. The van der Waals surface area contributed by atoms with E-state index in [1.807, 2.05) is 0 Å². The number of ether oxygens (including phenoxy) is 2. The predicted molar refractivity (Wildman–Crippen MR) is 80.4 cm³/mol. The summed E-state index contributed by atoms with van der Waals surface area (Å²) < 4.78 is 24.3. The van der Waals surface area contributed by atoms with Crippen molar-refractivity contribution >= 4 is 17.6 Å². The van der Waals surface area contributed by atoms with Crippen LogP contribution in [0.1, 0.15) is 12.0 Å². The Labute approximate surface area is 132 Å². The molecule has 22 heavy (non-hydrogen) atoms. The van der Waals surface area contributed by atoms with E-state index in [0.29, 0.717) is 11.3 Å². The van der Waals surface area contributed by atoms with Crippen molar-refractivity contribution in [2.75, 3.05) is 7.11 Å². The molecule has 116 valence electrons. The van der Waals surface area contributed by atoms with Gasteiger partial charge in [-0.05, 0) is 30.2 Å². The Kier molecular flexibility index (Phi) is 5.22. The molecule has 2 aromatic rings. The minimum atomic E-state index is -0.916. The van der Waals surface area contributed by atoms with Crippen molar-refractivity contribution in [1.82, 2.24) is 0 Å². The summed E-state index contributed by atoms with van der Waals surface area (Å²) in [5, 5.41) is 9.00. The number of methoxy groups -OCH3 is 1. The summed E-state index contributed by atoms with van der Waals surface area (Å²) in [4.78, 5) is 10.6. The highest BCUT2D eigenvalue weighted by atomic mass is 35.5. The molecule has 0 amide bonds. The van der Waals surface area contributed by atoms with E-state index in [-0.39, 0.29) is 29.4 Å². The number of rotatable bonds is 6. The Balaban J connectivity index is 2.26. The molecule has 0 spiro atoms. The zero-order valence-corrected chi connectivity index (χ0v) is 12.6. The molecule has 0 fully saturated rings. The number of carboxylic acid groups (broad SMARTS) is 1.